The highest BCUT2D eigenvalue weighted by molar-refractivity contribution is 5.92. The minimum Gasteiger partial charge on any atom is -0.494 e. The fourth-order valence-electron chi connectivity index (χ4n) is 2.60. The van der Waals surface area contributed by atoms with Crippen molar-refractivity contribution in [1.29, 1.82) is 0 Å². The number of unbranched alkanes of at least 4 members (excludes halogenated alkanes) is 4. The van der Waals surface area contributed by atoms with Gasteiger partial charge in [-0.1, -0.05) is 38.7 Å². The maximum absolute atomic E-state index is 12.3. The van der Waals surface area contributed by atoms with E-state index in [-0.39, 0.29) is 17.5 Å². The number of rotatable bonds is 11. The summed E-state index contributed by atoms with van der Waals surface area (Å²) in [5.41, 5.74) is 0.103. The minimum atomic E-state index is -0.645. The van der Waals surface area contributed by atoms with Crippen LogP contribution in [0.2, 0.25) is 0 Å². The monoisotopic (exact) mass is 399 g/mol. The third kappa shape index (κ3) is 7.94. The lowest BCUT2D eigenvalue weighted by atomic mass is 10.2. The molecule has 0 aliphatic heterocycles. The van der Waals surface area contributed by atoms with Crippen molar-refractivity contribution in [3.63, 3.8) is 0 Å². The third-order valence-electron chi connectivity index (χ3n) is 4.06. The summed E-state index contributed by atoms with van der Waals surface area (Å²) in [5.74, 6) is -0.112. The molecule has 0 fully saturated rings. The van der Waals surface area contributed by atoms with E-state index >= 15 is 0 Å². The summed E-state index contributed by atoms with van der Waals surface area (Å²) in [6.45, 7) is 6.36. The summed E-state index contributed by atoms with van der Waals surface area (Å²) < 4.78 is 16.1. The molecule has 6 heteroatoms. The Morgan fingerprint density at radius 3 is 2.14 bits per heavy atom. The topological polar surface area (TPSA) is 74.7 Å². The number of benzene rings is 1. The second kappa shape index (κ2) is 11.8. The Bertz CT molecular complexity index is 786. The van der Waals surface area contributed by atoms with Gasteiger partial charge in [-0.05, 0) is 56.7 Å². The van der Waals surface area contributed by atoms with Crippen molar-refractivity contribution in [2.24, 2.45) is 0 Å². The number of hydrogen-bond donors (Lipinski definition) is 0. The second-order valence-corrected chi connectivity index (χ2v) is 6.99. The molecule has 0 aliphatic rings. The zero-order valence-corrected chi connectivity index (χ0v) is 17.3. The van der Waals surface area contributed by atoms with E-state index in [0.717, 1.165) is 12.2 Å². The normalized spacial score (nSPS) is 10.6. The summed E-state index contributed by atoms with van der Waals surface area (Å²) in [6, 6.07) is 11.4. The molecule has 0 atom stereocenters. The molecule has 156 valence electrons. The number of nitrogens with zero attached hydrogens (tertiary/aromatic N) is 1. The van der Waals surface area contributed by atoms with Crippen LogP contribution in [0.5, 0.6) is 11.5 Å². The van der Waals surface area contributed by atoms with E-state index in [0.29, 0.717) is 12.4 Å². The number of pyridine rings is 1. The molecular formula is C23H29NO5. The maximum atomic E-state index is 12.3. The van der Waals surface area contributed by atoms with E-state index in [2.05, 4.69) is 11.9 Å². The van der Waals surface area contributed by atoms with Crippen molar-refractivity contribution in [1.82, 2.24) is 4.98 Å². The van der Waals surface area contributed by atoms with Gasteiger partial charge < -0.3 is 14.2 Å². The molecule has 0 unspecified atom stereocenters. The molecule has 1 heterocycles. The molecule has 0 bridgehead atoms. The van der Waals surface area contributed by atoms with Gasteiger partial charge in [-0.25, -0.2) is 14.6 Å². The Morgan fingerprint density at radius 1 is 0.862 bits per heavy atom. The van der Waals surface area contributed by atoms with Crippen LogP contribution in [0.3, 0.4) is 0 Å². The Hall–Kier alpha value is -2.89. The number of ether oxygens (including phenoxy) is 3. The van der Waals surface area contributed by atoms with E-state index in [1.807, 2.05) is 0 Å². The summed E-state index contributed by atoms with van der Waals surface area (Å²) in [7, 11) is 0. The predicted octanol–water partition coefficient (Wildman–Crippen LogP) is 5.22. The first-order valence-corrected chi connectivity index (χ1v) is 10.1. The standard InChI is InChI=1S/C23H29NO5/c1-4-5-6-7-8-16-27-18-12-14-19(15-13-18)29-23(26)21-11-9-10-20(24-21)22(25)28-17(2)3/h9-15,17H,4-8,16H2,1-3H3. The number of hydrogen-bond acceptors (Lipinski definition) is 6. The SMILES string of the molecule is CCCCCCCOc1ccc(OC(=O)c2cccc(C(=O)OC(C)C)n2)cc1. The van der Waals surface area contributed by atoms with Crippen LogP contribution in [-0.4, -0.2) is 29.6 Å². The zero-order valence-electron chi connectivity index (χ0n) is 17.3. The first-order valence-electron chi connectivity index (χ1n) is 10.1. The number of aromatic nitrogens is 1. The highest BCUT2D eigenvalue weighted by atomic mass is 16.5. The Labute approximate surface area is 172 Å². The molecule has 0 saturated carbocycles. The molecule has 0 amide bonds. The van der Waals surface area contributed by atoms with E-state index in [1.165, 1.54) is 37.8 Å². The summed E-state index contributed by atoms with van der Waals surface area (Å²) in [4.78, 5) is 28.3. The van der Waals surface area contributed by atoms with Gasteiger partial charge in [-0.15, -0.1) is 0 Å². The lowest BCUT2D eigenvalue weighted by Crippen LogP contribution is -2.16. The highest BCUT2D eigenvalue weighted by Gasteiger charge is 2.16. The molecule has 1 aromatic heterocycles. The van der Waals surface area contributed by atoms with Crippen LogP contribution < -0.4 is 9.47 Å². The van der Waals surface area contributed by atoms with E-state index in [1.54, 1.807) is 44.2 Å². The van der Waals surface area contributed by atoms with Crippen molar-refractivity contribution in [3.8, 4) is 11.5 Å². The average Bonchev–Trinajstić information content (AvgIpc) is 2.71. The molecule has 2 rings (SSSR count). The van der Waals surface area contributed by atoms with Crippen LogP contribution in [0.15, 0.2) is 42.5 Å². The molecule has 0 radical (unpaired) electrons. The van der Waals surface area contributed by atoms with Crippen LogP contribution in [-0.2, 0) is 4.74 Å². The van der Waals surface area contributed by atoms with Gasteiger partial charge in [0.1, 0.15) is 22.9 Å². The average molecular weight is 399 g/mol. The summed E-state index contributed by atoms with van der Waals surface area (Å²) in [5, 5.41) is 0. The molecule has 2 aromatic rings. The lowest BCUT2D eigenvalue weighted by Gasteiger charge is -2.09. The van der Waals surface area contributed by atoms with Gasteiger partial charge in [0.05, 0.1) is 12.7 Å². The molecule has 1 aromatic carbocycles. The van der Waals surface area contributed by atoms with Crippen molar-refractivity contribution < 1.29 is 23.8 Å². The Balaban J connectivity index is 1.87. The third-order valence-corrected chi connectivity index (χ3v) is 4.06. The van der Waals surface area contributed by atoms with Crippen molar-refractivity contribution in [3.05, 3.63) is 53.9 Å². The maximum Gasteiger partial charge on any atom is 0.362 e. The molecule has 0 N–H and O–H groups in total. The lowest BCUT2D eigenvalue weighted by molar-refractivity contribution is 0.0370. The van der Waals surface area contributed by atoms with Gasteiger partial charge in [0.15, 0.2) is 0 Å². The van der Waals surface area contributed by atoms with Crippen molar-refractivity contribution in [2.75, 3.05) is 6.61 Å². The minimum absolute atomic E-state index is 0.0376. The van der Waals surface area contributed by atoms with Gasteiger partial charge >= 0.3 is 11.9 Å². The smallest absolute Gasteiger partial charge is 0.362 e. The van der Waals surface area contributed by atoms with Gasteiger partial charge in [0.2, 0.25) is 0 Å². The fraction of sp³-hybridized carbons (Fsp3) is 0.435. The van der Waals surface area contributed by atoms with Crippen LogP contribution in [0, 0.1) is 0 Å². The van der Waals surface area contributed by atoms with Crippen LogP contribution in [0.1, 0.15) is 73.9 Å². The number of esters is 2. The molecule has 6 nitrogen and oxygen atoms in total. The van der Waals surface area contributed by atoms with Gasteiger partial charge in [0, 0.05) is 0 Å². The van der Waals surface area contributed by atoms with Crippen molar-refractivity contribution >= 4 is 11.9 Å². The van der Waals surface area contributed by atoms with Crippen molar-refractivity contribution in [2.45, 2.75) is 59.0 Å². The largest absolute Gasteiger partial charge is 0.494 e. The number of carbonyl (C=O) groups is 2. The van der Waals surface area contributed by atoms with Crippen LogP contribution in [0.25, 0.3) is 0 Å². The summed E-state index contributed by atoms with van der Waals surface area (Å²) in [6.07, 6.45) is 5.65. The first kappa shape index (κ1) is 22.4. The van der Waals surface area contributed by atoms with E-state index in [9.17, 15) is 9.59 Å². The summed E-state index contributed by atoms with van der Waals surface area (Å²) >= 11 is 0. The zero-order chi connectivity index (χ0) is 21.1. The molecule has 0 saturated heterocycles. The first-order chi connectivity index (χ1) is 14.0. The second-order valence-electron chi connectivity index (χ2n) is 6.99. The van der Waals surface area contributed by atoms with Gasteiger partial charge in [-0.2, -0.15) is 0 Å². The van der Waals surface area contributed by atoms with Crippen LogP contribution in [0.4, 0.5) is 0 Å². The van der Waals surface area contributed by atoms with Gasteiger partial charge in [0.25, 0.3) is 0 Å². The molecule has 0 spiro atoms. The predicted molar refractivity (Wildman–Crippen MR) is 110 cm³/mol. The number of carbonyl (C=O) groups excluding carboxylic acids is 2. The molecule has 0 aliphatic carbocycles. The highest BCUT2D eigenvalue weighted by Crippen LogP contribution is 2.19. The van der Waals surface area contributed by atoms with E-state index in [4.69, 9.17) is 14.2 Å². The van der Waals surface area contributed by atoms with E-state index < -0.39 is 11.9 Å². The quantitative estimate of drug-likeness (QED) is 0.293. The molecular weight excluding hydrogens is 370 g/mol. The molecule has 29 heavy (non-hydrogen) atoms. The Kier molecular flexibility index (Phi) is 9.15. The Morgan fingerprint density at radius 2 is 1.48 bits per heavy atom. The van der Waals surface area contributed by atoms with Crippen LogP contribution >= 0.6 is 0 Å². The van der Waals surface area contributed by atoms with Gasteiger partial charge in [-0.3, -0.25) is 0 Å². The fourth-order valence-corrected chi connectivity index (χ4v) is 2.60.